The Kier molecular flexibility index (Phi) is 6.06. The molecule has 5 heterocycles. The zero-order chi connectivity index (χ0) is 23.0. The van der Waals surface area contributed by atoms with Gasteiger partial charge in [0.2, 0.25) is 21.9 Å². The Morgan fingerprint density at radius 2 is 1.88 bits per heavy atom. The van der Waals surface area contributed by atoms with E-state index in [1.165, 1.54) is 0 Å². The van der Waals surface area contributed by atoms with Gasteiger partial charge in [-0.2, -0.15) is 9.29 Å². The highest BCUT2D eigenvalue weighted by Gasteiger charge is 2.36. The molecule has 0 spiro atoms. The quantitative estimate of drug-likeness (QED) is 0.655. The SMILES string of the molecule is CCS(=O)(=O)N1CCC[C@@H](N2CCc3c(-c4cnc(N)nc4)nc(N4CCOCC4)nc32)C1. The lowest BCUT2D eigenvalue weighted by Crippen LogP contribution is -2.50. The molecule has 3 aliphatic rings. The summed E-state index contributed by atoms with van der Waals surface area (Å²) in [5.41, 5.74) is 8.38. The van der Waals surface area contributed by atoms with Gasteiger partial charge in [0.25, 0.3) is 0 Å². The molecular formula is C21H30N8O3S. The first kappa shape index (κ1) is 22.2. The molecule has 178 valence electrons. The van der Waals surface area contributed by atoms with Crippen LogP contribution in [0.5, 0.6) is 0 Å². The minimum Gasteiger partial charge on any atom is -0.378 e. The van der Waals surface area contributed by atoms with Crippen molar-refractivity contribution in [3.63, 3.8) is 0 Å². The summed E-state index contributed by atoms with van der Waals surface area (Å²) in [5, 5.41) is 0. The molecule has 3 aliphatic heterocycles. The van der Waals surface area contributed by atoms with Crippen LogP contribution in [0, 0.1) is 0 Å². The summed E-state index contributed by atoms with van der Waals surface area (Å²) in [6.45, 7) is 6.28. The molecule has 11 nitrogen and oxygen atoms in total. The van der Waals surface area contributed by atoms with Gasteiger partial charge in [-0.25, -0.2) is 23.4 Å². The molecule has 0 amide bonds. The first-order chi connectivity index (χ1) is 16.0. The Labute approximate surface area is 194 Å². The van der Waals surface area contributed by atoms with Crippen molar-refractivity contribution in [2.45, 2.75) is 32.2 Å². The summed E-state index contributed by atoms with van der Waals surface area (Å²) in [6, 6.07) is 0.0873. The molecule has 2 aromatic heterocycles. The van der Waals surface area contributed by atoms with Crippen molar-refractivity contribution in [3.8, 4) is 11.3 Å². The van der Waals surface area contributed by atoms with Crippen molar-refractivity contribution in [3.05, 3.63) is 18.0 Å². The van der Waals surface area contributed by atoms with E-state index < -0.39 is 10.0 Å². The van der Waals surface area contributed by atoms with Crippen molar-refractivity contribution < 1.29 is 13.2 Å². The lowest BCUT2D eigenvalue weighted by Gasteiger charge is -2.38. The summed E-state index contributed by atoms with van der Waals surface area (Å²) < 4.78 is 32.2. The molecule has 2 N–H and O–H groups in total. The maximum Gasteiger partial charge on any atom is 0.228 e. The number of hydrogen-bond donors (Lipinski definition) is 1. The molecule has 2 fully saturated rings. The number of sulfonamides is 1. The predicted octanol–water partition coefficient (Wildman–Crippen LogP) is 0.529. The number of anilines is 3. The van der Waals surface area contributed by atoms with Gasteiger partial charge in [0.1, 0.15) is 5.82 Å². The van der Waals surface area contributed by atoms with Crippen molar-refractivity contribution in [1.82, 2.24) is 24.2 Å². The summed E-state index contributed by atoms with van der Waals surface area (Å²) in [5.74, 6) is 1.89. The fraction of sp³-hybridized carbons (Fsp3) is 0.619. The van der Waals surface area contributed by atoms with Gasteiger partial charge in [-0.3, -0.25) is 0 Å². The average Bonchev–Trinajstić information content (AvgIpc) is 3.29. The number of rotatable bonds is 5. The average molecular weight is 475 g/mol. The lowest BCUT2D eigenvalue weighted by molar-refractivity contribution is 0.122. The highest BCUT2D eigenvalue weighted by atomic mass is 32.2. The van der Waals surface area contributed by atoms with Gasteiger partial charge in [-0.15, -0.1) is 0 Å². The van der Waals surface area contributed by atoms with E-state index in [0.717, 1.165) is 61.5 Å². The van der Waals surface area contributed by atoms with Crippen LogP contribution in [-0.2, 0) is 21.2 Å². The molecule has 0 saturated carbocycles. The number of ether oxygens (including phenoxy) is 1. The van der Waals surface area contributed by atoms with Crippen molar-refractivity contribution in [2.75, 3.05) is 67.2 Å². The van der Waals surface area contributed by atoms with Gasteiger partial charge in [-0.1, -0.05) is 0 Å². The molecule has 2 saturated heterocycles. The van der Waals surface area contributed by atoms with Gasteiger partial charge in [0.15, 0.2) is 0 Å². The molecule has 5 rings (SSSR count). The number of fused-ring (bicyclic) bond motifs is 1. The monoisotopic (exact) mass is 474 g/mol. The Hall–Kier alpha value is -2.57. The largest absolute Gasteiger partial charge is 0.378 e. The topological polar surface area (TPSA) is 131 Å². The summed E-state index contributed by atoms with van der Waals surface area (Å²) >= 11 is 0. The number of hydrogen-bond acceptors (Lipinski definition) is 10. The van der Waals surface area contributed by atoms with E-state index >= 15 is 0 Å². The number of nitrogens with zero attached hydrogens (tertiary/aromatic N) is 7. The second-order valence-electron chi connectivity index (χ2n) is 8.60. The van der Waals surface area contributed by atoms with E-state index in [-0.39, 0.29) is 17.7 Å². The van der Waals surface area contributed by atoms with E-state index in [2.05, 4.69) is 19.8 Å². The molecule has 0 aromatic carbocycles. The van der Waals surface area contributed by atoms with Gasteiger partial charge in [-0.05, 0) is 26.2 Å². The zero-order valence-corrected chi connectivity index (χ0v) is 19.7. The number of aromatic nitrogens is 4. The van der Waals surface area contributed by atoms with E-state index in [1.807, 2.05) is 0 Å². The maximum atomic E-state index is 12.5. The van der Waals surface area contributed by atoms with Gasteiger partial charge < -0.3 is 20.3 Å². The van der Waals surface area contributed by atoms with Crippen LogP contribution in [0.2, 0.25) is 0 Å². The maximum absolute atomic E-state index is 12.5. The smallest absolute Gasteiger partial charge is 0.228 e. The molecule has 2 aromatic rings. The Morgan fingerprint density at radius 3 is 2.61 bits per heavy atom. The second-order valence-corrected chi connectivity index (χ2v) is 10.9. The zero-order valence-electron chi connectivity index (χ0n) is 18.9. The van der Waals surface area contributed by atoms with Crippen LogP contribution in [-0.4, -0.2) is 90.4 Å². The summed E-state index contributed by atoms with van der Waals surface area (Å²) in [7, 11) is -3.22. The molecular weight excluding hydrogens is 444 g/mol. The van der Waals surface area contributed by atoms with Crippen molar-refractivity contribution in [2.24, 2.45) is 0 Å². The minimum absolute atomic E-state index is 0.0873. The van der Waals surface area contributed by atoms with Gasteiger partial charge >= 0.3 is 0 Å². The number of morpholine rings is 1. The van der Waals surface area contributed by atoms with Crippen LogP contribution in [0.15, 0.2) is 12.4 Å². The molecule has 0 unspecified atom stereocenters. The van der Waals surface area contributed by atoms with E-state index in [4.69, 9.17) is 20.4 Å². The second kappa shape index (κ2) is 8.99. The Bertz CT molecular complexity index is 1110. The third kappa shape index (κ3) is 4.34. The molecule has 1 atom stereocenters. The predicted molar refractivity (Wildman–Crippen MR) is 126 cm³/mol. The van der Waals surface area contributed by atoms with Crippen LogP contribution >= 0.6 is 0 Å². The number of piperidine rings is 1. The van der Waals surface area contributed by atoms with Gasteiger partial charge in [0.05, 0.1) is 24.7 Å². The van der Waals surface area contributed by atoms with Crippen LogP contribution in [0.1, 0.15) is 25.3 Å². The van der Waals surface area contributed by atoms with E-state index in [9.17, 15) is 8.42 Å². The van der Waals surface area contributed by atoms with Gasteiger partial charge in [0, 0.05) is 62.3 Å². The fourth-order valence-electron chi connectivity index (χ4n) is 4.84. The molecule has 12 heteroatoms. The minimum atomic E-state index is -3.22. The van der Waals surface area contributed by atoms with Crippen LogP contribution in [0.3, 0.4) is 0 Å². The molecule has 33 heavy (non-hydrogen) atoms. The molecule has 0 aliphatic carbocycles. The summed E-state index contributed by atoms with van der Waals surface area (Å²) in [4.78, 5) is 22.7. The normalized spacial score (nSPS) is 21.9. The van der Waals surface area contributed by atoms with Crippen molar-refractivity contribution in [1.29, 1.82) is 0 Å². The fourth-order valence-corrected chi connectivity index (χ4v) is 6.01. The molecule has 0 radical (unpaired) electrons. The first-order valence-electron chi connectivity index (χ1n) is 11.5. The Balaban J connectivity index is 1.53. The highest BCUT2D eigenvalue weighted by molar-refractivity contribution is 7.89. The van der Waals surface area contributed by atoms with Crippen LogP contribution in [0.25, 0.3) is 11.3 Å². The van der Waals surface area contributed by atoms with E-state index in [1.54, 1.807) is 23.6 Å². The van der Waals surface area contributed by atoms with Crippen molar-refractivity contribution >= 4 is 27.7 Å². The van der Waals surface area contributed by atoms with Crippen LogP contribution < -0.4 is 15.5 Å². The molecule has 0 bridgehead atoms. The lowest BCUT2D eigenvalue weighted by atomic mass is 10.1. The van der Waals surface area contributed by atoms with E-state index in [0.29, 0.717) is 32.3 Å². The first-order valence-corrected chi connectivity index (χ1v) is 13.1. The van der Waals surface area contributed by atoms with Crippen LogP contribution in [0.4, 0.5) is 17.7 Å². The number of nitrogens with two attached hydrogens (primary N) is 1. The highest BCUT2D eigenvalue weighted by Crippen LogP contribution is 2.37. The third-order valence-electron chi connectivity index (χ3n) is 6.65. The third-order valence-corrected chi connectivity index (χ3v) is 8.49. The Morgan fingerprint density at radius 1 is 1.12 bits per heavy atom. The number of nitrogen functional groups attached to an aromatic ring is 1. The standard InChI is InChI=1S/C21H30N8O3S/c1-2-33(30,31)28-6-3-4-16(14-28)29-7-5-17-18(15-12-23-20(22)24-13-15)25-21(26-19(17)29)27-8-10-32-11-9-27/h12-13,16H,2-11,14H2,1H3,(H2,22,23,24)/t16-/m1/s1. The summed E-state index contributed by atoms with van der Waals surface area (Å²) in [6.07, 6.45) is 5.97.